The van der Waals surface area contributed by atoms with Gasteiger partial charge in [-0.2, -0.15) is 4.31 Å². The Kier molecular flexibility index (Phi) is 4.60. The summed E-state index contributed by atoms with van der Waals surface area (Å²) in [7, 11) is -3.49. The maximum absolute atomic E-state index is 12.4. The lowest BCUT2D eigenvalue weighted by molar-refractivity contribution is 0.354. The Balaban J connectivity index is 2.30. The highest BCUT2D eigenvalue weighted by Gasteiger charge is 2.28. The molecule has 0 amide bonds. The Labute approximate surface area is 125 Å². The van der Waals surface area contributed by atoms with Crippen LogP contribution in [0.15, 0.2) is 23.1 Å². The van der Waals surface area contributed by atoms with Crippen LogP contribution in [0, 0.1) is 0 Å². The van der Waals surface area contributed by atoms with Gasteiger partial charge >= 0.3 is 0 Å². The molecule has 0 radical (unpaired) electrons. The van der Waals surface area contributed by atoms with Crippen LogP contribution in [0.25, 0.3) is 0 Å². The third kappa shape index (κ3) is 3.20. The molecule has 100 valence electrons. The number of benzene rings is 1. The lowest BCUT2D eigenvalue weighted by Gasteiger charge is -2.28. The highest BCUT2D eigenvalue weighted by atomic mass is 79.9. The van der Waals surface area contributed by atoms with Crippen molar-refractivity contribution in [2.45, 2.75) is 22.6 Å². The SMILES string of the molecule is O=S(=O)(c1cc(Cl)cc(Cl)c1)N1CCC(Br)CC1. The molecule has 0 aromatic heterocycles. The van der Waals surface area contributed by atoms with E-state index in [-0.39, 0.29) is 4.90 Å². The quantitative estimate of drug-likeness (QED) is 0.744. The van der Waals surface area contributed by atoms with Gasteiger partial charge in [-0.3, -0.25) is 0 Å². The first-order valence-corrected chi connectivity index (χ1v) is 8.61. The number of hydrogen-bond acceptors (Lipinski definition) is 2. The van der Waals surface area contributed by atoms with Crippen LogP contribution in [0.2, 0.25) is 10.0 Å². The third-order valence-electron chi connectivity index (χ3n) is 2.86. The van der Waals surface area contributed by atoms with Gasteiger partial charge in [-0.15, -0.1) is 0 Å². The van der Waals surface area contributed by atoms with Gasteiger partial charge in [0.1, 0.15) is 0 Å². The zero-order valence-corrected chi connectivity index (χ0v) is 13.4. The number of halogens is 3. The maximum atomic E-state index is 12.4. The van der Waals surface area contributed by atoms with Gasteiger partial charge in [0.2, 0.25) is 10.0 Å². The number of piperidine rings is 1. The van der Waals surface area contributed by atoms with Crippen molar-refractivity contribution in [2.75, 3.05) is 13.1 Å². The van der Waals surface area contributed by atoms with Crippen molar-refractivity contribution in [1.82, 2.24) is 4.31 Å². The second-order valence-corrected chi connectivity index (χ2v) is 8.29. The number of nitrogens with zero attached hydrogens (tertiary/aromatic N) is 1. The summed E-state index contributed by atoms with van der Waals surface area (Å²) < 4.78 is 26.3. The summed E-state index contributed by atoms with van der Waals surface area (Å²) in [5, 5.41) is 0.660. The van der Waals surface area contributed by atoms with Crippen LogP contribution in [0.1, 0.15) is 12.8 Å². The van der Waals surface area contributed by atoms with Crippen molar-refractivity contribution >= 4 is 49.2 Å². The van der Waals surface area contributed by atoms with Gasteiger partial charge in [0.05, 0.1) is 4.90 Å². The van der Waals surface area contributed by atoms with Crippen molar-refractivity contribution in [3.63, 3.8) is 0 Å². The molecule has 0 bridgehead atoms. The van der Waals surface area contributed by atoms with Crippen LogP contribution in [0.5, 0.6) is 0 Å². The van der Waals surface area contributed by atoms with Gasteiger partial charge in [-0.1, -0.05) is 39.1 Å². The maximum Gasteiger partial charge on any atom is 0.243 e. The normalized spacial score (nSPS) is 19.1. The minimum atomic E-state index is -3.49. The third-order valence-corrected chi connectivity index (χ3v) is 6.09. The minimum Gasteiger partial charge on any atom is -0.207 e. The van der Waals surface area contributed by atoms with Crippen molar-refractivity contribution in [1.29, 1.82) is 0 Å². The van der Waals surface area contributed by atoms with E-state index in [4.69, 9.17) is 23.2 Å². The number of rotatable bonds is 2. The Bertz CT molecular complexity index is 522. The number of sulfonamides is 1. The first-order valence-electron chi connectivity index (χ1n) is 5.50. The van der Waals surface area contributed by atoms with E-state index in [1.807, 2.05) is 0 Å². The molecule has 2 rings (SSSR count). The average molecular weight is 373 g/mol. The molecule has 0 unspecified atom stereocenters. The molecule has 0 aliphatic carbocycles. The van der Waals surface area contributed by atoms with Crippen LogP contribution in [0.3, 0.4) is 0 Å². The van der Waals surface area contributed by atoms with Gasteiger partial charge in [0.15, 0.2) is 0 Å². The standard InChI is InChI=1S/C11H12BrCl2NO2S/c12-8-1-3-15(4-2-8)18(16,17)11-6-9(13)5-10(14)7-11/h5-8H,1-4H2. The molecule has 0 atom stereocenters. The molecule has 1 aliphatic rings. The second-order valence-electron chi connectivity index (χ2n) is 4.18. The molecule has 1 heterocycles. The first-order chi connectivity index (χ1) is 8.39. The van der Waals surface area contributed by atoms with E-state index in [1.54, 1.807) is 0 Å². The Morgan fingerprint density at radius 1 is 1.11 bits per heavy atom. The molecule has 1 aromatic carbocycles. The topological polar surface area (TPSA) is 37.4 Å². The number of hydrogen-bond donors (Lipinski definition) is 0. The monoisotopic (exact) mass is 371 g/mol. The van der Waals surface area contributed by atoms with E-state index in [2.05, 4.69) is 15.9 Å². The zero-order chi connectivity index (χ0) is 13.3. The number of alkyl halides is 1. The summed E-state index contributed by atoms with van der Waals surface area (Å²) in [6.07, 6.45) is 1.63. The van der Waals surface area contributed by atoms with Crippen LogP contribution >= 0.6 is 39.1 Å². The van der Waals surface area contributed by atoms with Crippen LogP contribution < -0.4 is 0 Å². The summed E-state index contributed by atoms with van der Waals surface area (Å²) in [5.41, 5.74) is 0. The zero-order valence-electron chi connectivity index (χ0n) is 9.44. The highest BCUT2D eigenvalue weighted by molar-refractivity contribution is 9.09. The molecule has 1 fully saturated rings. The minimum absolute atomic E-state index is 0.160. The summed E-state index contributed by atoms with van der Waals surface area (Å²) in [6, 6.07) is 4.39. The predicted octanol–water partition coefficient (Wildman–Crippen LogP) is 3.54. The smallest absolute Gasteiger partial charge is 0.207 e. The molecule has 0 N–H and O–H groups in total. The first kappa shape index (κ1) is 14.6. The second kappa shape index (κ2) is 5.67. The molecule has 1 saturated heterocycles. The largest absolute Gasteiger partial charge is 0.243 e. The van der Waals surface area contributed by atoms with Crippen molar-refractivity contribution in [3.8, 4) is 0 Å². The summed E-state index contributed by atoms with van der Waals surface area (Å²) in [5.74, 6) is 0. The Morgan fingerprint density at radius 2 is 1.61 bits per heavy atom. The summed E-state index contributed by atoms with van der Waals surface area (Å²) in [4.78, 5) is 0.555. The average Bonchev–Trinajstić information content (AvgIpc) is 2.28. The molecule has 0 spiro atoms. The lowest BCUT2D eigenvalue weighted by atomic mass is 10.2. The molecule has 1 aromatic rings. The van der Waals surface area contributed by atoms with E-state index < -0.39 is 10.0 Å². The van der Waals surface area contributed by atoms with Crippen molar-refractivity contribution < 1.29 is 8.42 Å². The van der Waals surface area contributed by atoms with Crippen LogP contribution in [0.4, 0.5) is 0 Å². The molecule has 3 nitrogen and oxygen atoms in total. The fraction of sp³-hybridized carbons (Fsp3) is 0.455. The van der Waals surface area contributed by atoms with Crippen molar-refractivity contribution in [3.05, 3.63) is 28.2 Å². The molecule has 1 aliphatic heterocycles. The lowest BCUT2D eigenvalue weighted by Crippen LogP contribution is -2.38. The Morgan fingerprint density at radius 3 is 2.11 bits per heavy atom. The molecular weight excluding hydrogens is 361 g/mol. The summed E-state index contributed by atoms with van der Waals surface area (Å²) in [6.45, 7) is 1.03. The van der Waals surface area contributed by atoms with E-state index in [1.165, 1.54) is 22.5 Å². The highest BCUT2D eigenvalue weighted by Crippen LogP contribution is 2.27. The van der Waals surface area contributed by atoms with Crippen LogP contribution in [-0.4, -0.2) is 30.6 Å². The molecule has 0 saturated carbocycles. The van der Waals surface area contributed by atoms with Gasteiger partial charge in [-0.25, -0.2) is 8.42 Å². The molecule has 18 heavy (non-hydrogen) atoms. The van der Waals surface area contributed by atoms with Gasteiger partial charge in [-0.05, 0) is 31.0 Å². The fourth-order valence-corrected chi connectivity index (χ4v) is 4.50. The van der Waals surface area contributed by atoms with E-state index >= 15 is 0 Å². The van der Waals surface area contributed by atoms with E-state index in [0.29, 0.717) is 28.0 Å². The van der Waals surface area contributed by atoms with Crippen molar-refractivity contribution in [2.24, 2.45) is 0 Å². The summed E-state index contributed by atoms with van der Waals surface area (Å²) >= 11 is 15.2. The van der Waals surface area contributed by atoms with Crippen LogP contribution in [-0.2, 0) is 10.0 Å². The van der Waals surface area contributed by atoms with Gasteiger partial charge in [0, 0.05) is 28.0 Å². The fourth-order valence-electron chi connectivity index (χ4n) is 1.89. The van der Waals surface area contributed by atoms with E-state index in [9.17, 15) is 8.42 Å². The predicted molar refractivity (Wildman–Crippen MR) is 77.2 cm³/mol. The van der Waals surface area contributed by atoms with Gasteiger partial charge in [0.25, 0.3) is 0 Å². The molecule has 7 heteroatoms. The van der Waals surface area contributed by atoms with E-state index in [0.717, 1.165) is 12.8 Å². The molecular formula is C11H12BrCl2NO2S. The van der Waals surface area contributed by atoms with Gasteiger partial charge < -0.3 is 0 Å². The Hall–Kier alpha value is 0.190.